The maximum absolute atomic E-state index is 4.66. The molecular formula is C17H16N6. The lowest BCUT2D eigenvalue weighted by molar-refractivity contribution is 0.399. The lowest BCUT2D eigenvalue weighted by Crippen LogP contribution is -2.48. The molecule has 4 heterocycles. The smallest absolute Gasteiger partial charge is 0.157 e. The van der Waals surface area contributed by atoms with Gasteiger partial charge in [0.25, 0.3) is 0 Å². The van der Waals surface area contributed by atoms with Gasteiger partial charge in [0.05, 0.1) is 23.3 Å². The van der Waals surface area contributed by atoms with Crippen LogP contribution in [0.4, 0.5) is 5.82 Å². The molecule has 0 radical (unpaired) electrons. The van der Waals surface area contributed by atoms with E-state index in [2.05, 4.69) is 49.7 Å². The molecule has 6 nitrogen and oxygen atoms in total. The van der Waals surface area contributed by atoms with Crippen molar-refractivity contribution in [1.29, 1.82) is 0 Å². The summed E-state index contributed by atoms with van der Waals surface area (Å²) in [6, 6.07) is 12.7. The molecule has 0 spiro atoms. The highest BCUT2D eigenvalue weighted by Crippen LogP contribution is 2.30. The van der Waals surface area contributed by atoms with Gasteiger partial charge in [-0.15, -0.1) is 0 Å². The molecule has 0 amide bonds. The van der Waals surface area contributed by atoms with Crippen LogP contribution in [0.25, 0.3) is 16.7 Å². The molecule has 0 N–H and O–H groups in total. The molecule has 1 fully saturated rings. The first-order chi connectivity index (χ1) is 11.3. The first-order valence-corrected chi connectivity index (χ1v) is 7.78. The Kier molecular flexibility index (Phi) is 2.50. The van der Waals surface area contributed by atoms with E-state index in [4.69, 9.17) is 0 Å². The van der Waals surface area contributed by atoms with Crippen molar-refractivity contribution >= 4 is 22.5 Å². The van der Waals surface area contributed by atoms with Gasteiger partial charge in [0, 0.05) is 25.4 Å². The standard InChI is InChI=1S/C17H16N6/c1-12-19-14-4-2-3-5-15(14)23(12)13-10-21(11-13)16-7-9-22-17(20-16)6-8-18-22/h2-9,13H,10-11H2,1H3. The highest BCUT2D eigenvalue weighted by Gasteiger charge is 2.31. The van der Waals surface area contributed by atoms with Gasteiger partial charge in [-0.25, -0.2) is 14.5 Å². The summed E-state index contributed by atoms with van der Waals surface area (Å²) in [5, 5.41) is 4.19. The number of hydrogen-bond acceptors (Lipinski definition) is 4. The molecule has 6 heteroatoms. The summed E-state index contributed by atoms with van der Waals surface area (Å²) in [7, 11) is 0. The predicted molar refractivity (Wildman–Crippen MR) is 88.7 cm³/mol. The van der Waals surface area contributed by atoms with Crippen LogP contribution in [0.1, 0.15) is 11.9 Å². The molecule has 114 valence electrons. The quantitative estimate of drug-likeness (QED) is 0.571. The number of para-hydroxylation sites is 2. The van der Waals surface area contributed by atoms with Gasteiger partial charge >= 0.3 is 0 Å². The minimum atomic E-state index is 0.449. The van der Waals surface area contributed by atoms with Gasteiger partial charge in [-0.05, 0) is 25.1 Å². The van der Waals surface area contributed by atoms with Gasteiger partial charge < -0.3 is 9.47 Å². The minimum absolute atomic E-state index is 0.449. The third-order valence-corrected chi connectivity index (χ3v) is 4.57. The first-order valence-electron chi connectivity index (χ1n) is 7.78. The van der Waals surface area contributed by atoms with Crippen LogP contribution in [0.5, 0.6) is 0 Å². The van der Waals surface area contributed by atoms with Crippen LogP contribution >= 0.6 is 0 Å². The Labute approximate surface area is 133 Å². The summed E-state index contributed by atoms with van der Waals surface area (Å²) in [4.78, 5) is 11.6. The molecule has 1 aliphatic rings. The molecule has 1 saturated heterocycles. The molecule has 0 saturated carbocycles. The minimum Gasteiger partial charge on any atom is -0.352 e. The van der Waals surface area contributed by atoms with Crippen molar-refractivity contribution in [1.82, 2.24) is 24.1 Å². The van der Waals surface area contributed by atoms with Crippen LogP contribution in [0.3, 0.4) is 0 Å². The zero-order chi connectivity index (χ0) is 15.4. The fourth-order valence-corrected chi connectivity index (χ4v) is 3.41. The van der Waals surface area contributed by atoms with Gasteiger partial charge in [0.15, 0.2) is 5.65 Å². The van der Waals surface area contributed by atoms with E-state index in [9.17, 15) is 0 Å². The van der Waals surface area contributed by atoms with E-state index in [1.807, 2.05) is 24.4 Å². The average Bonchev–Trinajstić information content (AvgIpc) is 3.10. The SMILES string of the molecule is Cc1nc2ccccc2n1C1CN(c2ccn3nccc3n2)C1. The highest BCUT2D eigenvalue weighted by molar-refractivity contribution is 5.76. The van der Waals surface area contributed by atoms with Crippen LogP contribution in [-0.4, -0.2) is 37.2 Å². The molecule has 0 aliphatic carbocycles. The van der Waals surface area contributed by atoms with Crippen molar-refractivity contribution in [2.24, 2.45) is 0 Å². The van der Waals surface area contributed by atoms with E-state index in [1.54, 1.807) is 10.7 Å². The molecule has 0 bridgehead atoms. The third kappa shape index (κ3) is 1.84. The van der Waals surface area contributed by atoms with Gasteiger partial charge in [-0.1, -0.05) is 12.1 Å². The number of hydrogen-bond donors (Lipinski definition) is 0. The number of nitrogens with zero attached hydrogens (tertiary/aromatic N) is 6. The van der Waals surface area contributed by atoms with E-state index >= 15 is 0 Å². The maximum atomic E-state index is 4.66. The van der Waals surface area contributed by atoms with E-state index in [0.29, 0.717) is 6.04 Å². The number of anilines is 1. The molecule has 3 aromatic heterocycles. The number of aryl methyl sites for hydroxylation is 1. The van der Waals surface area contributed by atoms with Crippen LogP contribution in [0.15, 0.2) is 48.8 Å². The van der Waals surface area contributed by atoms with Crippen molar-refractivity contribution in [2.45, 2.75) is 13.0 Å². The topological polar surface area (TPSA) is 51.2 Å². The maximum Gasteiger partial charge on any atom is 0.157 e. The van der Waals surface area contributed by atoms with Crippen molar-refractivity contribution in [3.05, 3.63) is 54.6 Å². The van der Waals surface area contributed by atoms with Gasteiger partial charge in [-0.3, -0.25) is 0 Å². The molecular weight excluding hydrogens is 288 g/mol. The zero-order valence-electron chi connectivity index (χ0n) is 12.8. The second-order valence-corrected chi connectivity index (χ2v) is 6.00. The lowest BCUT2D eigenvalue weighted by atomic mass is 10.1. The second-order valence-electron chi connectivity index (χ2n) is 6.00. The van der Waals surface area contributed by atoms with Crippen LogP contribution in [0.2, 0.25) is 0 Å². The van der Waals surface area contributed by atoms with E-state index in [0.717, 1.165) is 35.9 Å². The number of fused-ring (bicyclic) bond motifs is 2. The summed E-state index contributed by atoms with van der Waals surface area (Å²) < 4.78 is 4.14. The summed E-state index contributed by atoms with van der Waals surface area (Å²) in [6.45, 7) is 4.00. The fourth-order valence-electron chi connectivity index (χ4n) is 3.41. The molecule has 0 atom stereocenters. The summed E-state index contributed by atoms with van der Waals surface area (Å²) >= 11 is 0. The number of aromatic nitrogens is 5. The monoisotopic (exact) mass is 304 g/mol. The molecule has 1 aliphatic heterocycles. The average molecular weight is 304 g/mol. The van der Waals surface area contributed by atoms with E-state index in [-0.39, 0.29) is 0 Å². The molecule has 5 rings (SSSR count). The Morgan fingerprint density at radius 1 is 1.04 bits per heavy atom. The Morgan fingerprint density at radius 2 is 1.91 bits per heavy atom. The normalized spacial score (nSPS) is 15.4. The molecule has 23 heavy (non-hydrogen) atoms. The van der Waals surface area contributed by atoms with Crippen molar-refractivity contribution < 1.29 is 0 Å². The number of benzene rings is 1. The van der Waals surface area contributed by atoms with Crippen LogP contribution < -0.4 is 4.90 Å². The van der Waals surface area contributed by atoms with Crippen LogP contribution in [-0.2, 0) is 0 Å². The van der Waals surface area contributed by atoms with E-state index in [1.165, 1.54) is 5.52 Å². The zero-order valence-corrected chi connectivity index (χ0v) is 12.8. The Balaban J connectivity index is 1.44. The molecule has 1 aromatic carbocycles. The highest BCUT2D eigenvalue weighted by atomic mass is 15.3. The largest absolute Gasteiger partial charge is 0.352 e. The van der Waals surface area contributed by atoms with Gasteiger partial charge in [0.1, 0.15) is 11.6 Å². The van der Waals surface area contributed by atoms with E-state index < -0.39 is 0 Å². The van der Waals surface area contributed by atoms with Crippen molar-refractivity contribution in [3.63, 3.8) is 0 Å². The second kappa shape index (κ2) is 4.55. The lowest BCUT2D eigenvalue weighted by Gasteiger charge is -2.41. The van der Waals surface area contributed by atoms with Gasteiger partial charge in [0.2, 0.25) is 0 Å². The van der Waals surface area contributed by atoms with Crippen LogP contribution in [0, 0.1) is 6.92 Å². The first kappa shape index (κ1) is 12.6. The number of rotatable bonds is 2. The Hall–Kier alpha value is -2.89. The Morgan fingerprint density at radius 3 is 2.83 bits per heavy atom. The number of imidazole rings is 1. The fraction of sp³-hybridized carbons (Fsp3) is 0.235. The van der Waals surface area contributed by atoms with Crippen molar-refractivity contribution in [2.75, 3.05) is 18.0 Å². The summed E-state index contributed by atoms with van der Waals surface area (Å²) in [5.41, 5.74) is 3.17. The van der Waals surface area contributed by atoms with Gasteiger partial charge in [-0.2, -0.15) is 5.10 Å². The predicted octanol–water partition coefficient (Wildman–Crippen LogP) is 2.45. The summed E-state index contributed by atoms with van der Waals surface area (Å²) in [6.07, 6.45) is 3.73. The third-order valence-electron chi connectivity index (χ3n) is 4.57. The molecule has 0 unspecified atom stereocenters. The van der Waals surface area contributed by atoms with Crippen molar-refractivity contribution in [3.8, 4) is 0 Å². The molecule has 4 aromatic rings. The Bertz CT molecular complexity index is 1010. The summed E-state index contributed by atoms with van der Waals surface area (Å²) in [5.74, 6) is 2.09.